The maximum Gasteiger partial charge on any atom is 0.0860 e. The Kier molecular flexibility index (Phi) is 4.67. The van der Waals surface area contributed by atoms with Crippen molar-refractivity contribution in [2.45, 2.75) is 89.1 Å². The summed E-state index contributed by atoms with van der Waals surface area (Å²) in [6.45, 7) is 0. The molecule has 2 saturated carbocycles. The first-order chi connectivity index (χ1) is 8.72. The quantitative estimate of drug-likeness (QED) is 0.703. The van der Waals surface area contributed by atoms with Gasteiger partial charge in [-0.1, -0.05) is 57.8 Å². The SMILES string of the molecule is N#CC1(C2(O)CCCCCC2)CCCCCCC1. The number of hydrogen-bond donors (Lipinski definition) is 1. The summed E-state index contributed by atoms with van der Waals surface area (Å²) < 4.78 is 0. The van der Waals surface area contributed by atoms with E-state index in [1.54, 1.807) is 0 Å². The predicted molar refractivity (Wildman–Crippen MR) is 73.0 cm³/mol. The van der Waals surface area contributed by atoms with Crippen molar-refractivity contribution in [2.75, 3.05) is 0 Å². The highest BCUT2D eigenvalue weighted by atomic mass is 16.3. The molecule has 2 heteroatoms. The van der Waals surface area contributed by atoms with Crippen LogP contribution in [0, 0.1) is 16.7 Å². The fourth-order valence-corrected chi connectivity index (χ4v) is 3.98. The van der Waals surface area contributed by atoms with Crippen LogP contribution < -0.4 is 0 Å². The third kappa shape index (κ3) is 2.72. The molecule has 1 N–H and O–H groups in total. The first-order valence-electron chi connectivity index (χ1n) is 7.86. The number of rotatable bonds is 1. The summed E-state index contributed by atoms with van der Waals surface area (Å²) in [5.41, 5.74) is -1.15. The molecule has 2 fully saturated rings. The summed E-state index contributed by atoms with van der Waals surface area (Å²) in [6.07, 6.45) is 14.2. The van der Waals surface area contributed by atoms with Gasteiger partial charge in [0.1, 0.15) is 0 Å². The van der Waals surface area contributed by atoms with Gasteiger partial charge in [-0.15, -0.1) is 0 Å². The molecule has 0 aromatic heterocycles. The molecule has 2 aliphatic rings. The summed E-state index contributed by atoms with van der Waals surface area (Å²) in [5, 5.41) is 20.9. The molecular formula is C16H27NO. The summed E-state index contributed by atoms with van der Waals surface area (Å²) in [4.78, 5) is 0. The fourth-order valence-electron chi connectivity index (χ4n) is 3.98. The van der Waals surface area contributed by atoms with Gasteiger partial charge in [0.25, 0.3) is 0 Å². The Balaban J connectivity index is 2.19. The molecule has 0 bridgehead atoms. The van der Waals surface area contributed by atoms with Crippen LogP contribution in [0.3, 0.4) is 0 Å². The van der Waals surface area contributed by atoms with Gasteiger partial charge in [-0.2, -0.15) is 5.26 Å². The van der Waals surface area contributed by atoms with Crippen LogP contribution in [0.2, 0.25) is 0 Å². The summed E-state index contributed by atoms with van der Waals surface area (Å²) in [5.74, 6) is 0. The second-order valence-electron chi connectivity index (χ2n) is 6.41. The first kappa shape index (κ1) is 13.9. The maximum absolute atomic E-state index is 11.1. The Morgan fingerprint density at radius 2 is 1.06 bits per heavy atom. The highest BCUT2D eigenvalue weighted by Crippen LogP contribution is 2.48. The van der Waals surface area contributed by atoms with Crippen LogP contribution in [0.1, 0.15) is 83.5 Å². The van der Waals surface area contributed by atoms with E-state index in [0.29, 0.717) is 0 Å². The number of nitrogens with zero attached hydrogens (tertiary/aromatic N) is 1. The van der Waals surface area contributed by atoms with Crippen molar-refractivity contribution in [1.29, 1.82) is 5.26 Å². The molecular weight excluding hydrogens is 222 g/mol. The Morgan fingerprint density at radius 3 is 1.50 bits per heavy atom. The monoisotopic (exact) mass is 249 g/mol. The molecule has 0 amide bonds. The van der Waals surface area contributed by atoms with Gasteiger partial charge in [0.05, 0.1) is 17.1 Å². The lowest BCUT2D eigenvalue weighted by Crippen LogP contribution is -2.47. The van der Waals surface area contributed by atoms with Gasteiger partial charge in [0.2, 0.25) is 0 Å². The summed E-state index contributed by atoms with van der Waals surface area (Å²) >= 11 is 0. The minimum Gasteiger partial charge on any atom is -0.388 e. The Labute approximate surface area is 111 Å². The van der Waals surface area contributed by atoms with E-state index >= 15 is 0 Å². The van der Waals surface area contributed by atoms with Crippen molar-refractivity contribution in [3.8, 4) is 6.07 Å². The van der Waals surface area contributed by atoms with Crippen molar-refractivity contribution < 1.29 is 5.11 Å². The van der Waals surface area contributed by atoms with Crippen molar-refractivity contribution in [1.82, 2.24) is 0 Å². The minimum atomic E-state index is -0.699. The number of aliphatic hydroxyl groups is 1. The van der Waals surface area contributed by atoms with Gasteiger partial charge in [-0.3, -0.25) is 0 Å². The maximum atomic E-state index is 11.1. The third-order valence-corrected chi connectivity index (χ3v) is 5.24. The van der Waals surface area contributed by atoms with Crippen LogP contribution in [-0.2, 0) is 0 Å². The van der Waals surface area contributed by atoms with Crippen molar-refractivity contribution in [3.63, 3.8) is 0 Å². The smallest absolute Gasteiger partial charge is 0.0860 e. The van der Waals surface area contributed by atoms with E-state index in [1.807, 2.05) is 0 Å². The fraction of sp³-hybridized carbons (Fsp3) is 0.938. The highest BCUT2D eigenvalue weighted by molar-refractivity contribution is 5.12. The predicted octanol–water partition coefficient (Wildman–Crippen LogP) is 4.33. The average Bonchev–Trinajstić information content (AvgIpc) is 2.55. The Hall–Kier alpha value is -0.550. The van der Waals surface area contributed by atoms with Crippen LogP contribution in [0.4, 0.5) is 0 Å². The zero-order valence-corrected chi connectivity index (χ0v) is 11.6. The van der Waals surface area contributed by atoms with Crippen LogP contribution in [-0.4, -0.2) is 10.7 Å². The molecule has 2 nitrogen and oxygen atoms in total. The van der Waals surface area contributed by atoms with Crippen LogP contribution in [0.25, 0.3) is 0 Å². The van der Waals surface area contributed by atoms with E-state index < -0.39 is 11.0 Å². The second-order valence-corrected chi connectivity index (χ2v) is 6.41. The zero-order chi connectivity index (χ0) is 12.9. The molecule has 2 rings (SSSR count). The van der Waals surface area contributed by atoms with E-state index in [-0.39, 0.29) is 0 Å². The average molecular weight is 249 g/mol. The molecule has 0 saturated heterocycles. The van der Waals surface area contributed by atoms with Crippen molar-refractivity contribution >= 4 is 0 Å². The topological polar surface area (TPSA) is 44.0 Å². The Bertz CT molecular complexity index is 289. The van der Waals surface area contributed by atoms with Crippen LogP contribution in [0.15, 0.2) is 0 Å². The molecule has 0 spiro atoms. The van der Waals surface area contributed by atoms with Gasteiger partial charge >= 0.3 is 0 Å². The lowest BCUT2D eigenvalue weighted by atomic mass is 9.63. The summed E-state index contributed by atoms with van der Waals surface area (Å²) in [6, 6.07) is 2.57. The van der Waals surface area contributed by atoms with Crippen LogP contribution in [0.5, 0.6) is 0 Å². The lowest BCUT2D eigenvalue weighted by molar-refractivity contribution is -0.0787. The van der Waals surface area contributed by atoms with E-state index in [9.17, 15) is 10.4 Å². The van der Waals surface area contributed by atoms with Crippen molar-refractivity contribution in [3.05, 3.63) is 0 Å². The molecule has 2 aliphatic carbocycles. The molecule has 102 valence electrons. The van der Waals surface area contributed by atoms with Gasteiger partial charge in [0, 0.05) is 0 Å². The van der Waals surface area contributed by atoms with Gasteiger partial charge < -0.3 is 5.11 Å². The highest BCUT2D eigenvalue weighted by Gasteiger charge is 2.49. The minimum absolute atomic E-state index is 0.447. The largest absolute Gasteiger partial charge is 0.388 e. The van der Waals surface area contributed by atoms with E-state index in [2.05, 4.69) is 6.07 Å². The van der Waals surface area contributed by atoms with E-state index in [1.165, 1.54) is 32.1 Å². The van der Waals surface area contributed by atoms with Crippen molar-refractivity contribution in [2.24, 2.45) is 5.41 Å². The standard InChI is InChI=1S/C16H27NO/c17-14-15(10-6-2-1-3-7-11-15)16(18)12-8-4-5-9-13-16/h18H,1-13H2. The number of nitriles is 1. The molecule has 18 heavy (non-hydrogen) atoms. The molecule has 0 heterocycles. The first-order valence-corrected chi connectivity index (χ1v) is 7.86. The molecule has 0 aliphatic heterocycles. The molecule has 0 aromatic rings. The summed E-state index contributed by atoms with van der Waals surface area (Å²) in [7, 11) is 0. The second kappa shape index (κ2) is 6.06. The zero-order valence-electron chi connectivity index (χ0n) is 11.6. The van der Waals surface area contributed by atoms with E-state index in [0.717, 1.165) is 51.4 Å². The Morgan fingerprint density at radius 1 is 0.667 bits per heavy atom. The van der Waals surface area contributed by atoms with Crippen LogP contribution >= 0.6 is 0 Å². The molecule has 0 atom stereocenters. The molecule has 0 unspecified atom stereocenters. The normalized spacial score (nSPS) is 28.4. The lowest BCUT2D eigenvalue weighted by Gasteiger charge is -2.43. The third-order valence-electron chi connectivity index (χ3n) is 5.24. The molecule has 0 aromatic carbocycles. The number of hydrogen-bond acceptors (Lipinski definition) is 2. The van der Waals surface area contributed by atoms with Gasteiger partial charge in [-0.25, -0.2) is 0 Å². The van der Waals surface area contributed by atoms with Gasteiger partial charge in [0.15, 0.2) is 0 Å². The van der Waals surface area contributed by atoms with Gasteiger partial charge in [-0.05, 0) is 25.7 Å². The molecule has 0 radical (unpaired) electrons. The van der Waals surface area contributed by atoms with E-state index in [4.69, 9.17) is 0 Å².